The Hall–Kier alpha value is -4.06. The lowest BCUT2D eigenvalue weighted by atomic mass is 9.87. The molecular formula is C33H34N4O. The van der Waals surface area contributed by atoms with Crippen LogP contribution in [0.1, 0.15) is 27.8 Å². The van der Waals surface area contributed by atoms with Gasteiger partial charge in [-0.3, -0.25) is 4.79 Å². The van der Waals surface area contributed by atoms with Crippen LogP contribution in [0.5, 0.6) is 0 Å². The summed E-state index contributed by atoms with van der Waals surface area (Å²) in [6.45, 7) is 5.05. The summed E-state index contributed by atoms with van der Waals surface area (Å²) in [5, 5.41) is 5.89. The number of nitrogens with zero attached hydrogens (tertiary/aromatic N) is 1. The quantitative estimate of drug-likeness (QED) is 0.402. The molecule has 5 nitrogen and oxygen atoms in total. The van der Waals surface area contributed by atoms with Crippen molar-refractivity contribution in [2.24, 2.45) is 10.7 Å². The molecule has 5 heteroatoms. The smallest absolute Gasteiger partial charge is 0.212 e. The SMILES string of the molecule is CNCC1=CN=C(NC=O)/C=C(/c2cccc(-c3cccc(-c4ccc5c(c4)CC(N)C5)c3C)c2C)C=C1. The molecule has 0 bridgehead atoms. The van der Waals surface area contributed by atoms with E-state index in [9.17, 15) is 4.79 Å². The molecule has 1 aliphatic heterocycles. The first kappa shape index (κ1) is 25.6. The van der Waals surface area contributed by atoms with E-state index >= 15 is 0 Å². The van der Waals surface area contributed by atoms with E-state index in [1.54, 1.807) is 6.20 Å². The number of carbonyl (C=O) groups is 1. The molecule has 0 aromatic heterocycles. The van der Waals surface area contributed by atoms with Gasteiger partial charge in [-0.05, 0) is 101 Å². The zero-order valence-electron chi connectivity index (χ0n) is 22.2. The molecule has 0 fully saturated rings. The monoisotopic (exact) mass is 502 g/mol. The summed E-state index contributed by atoms with van der Waals surface area (Å²) < 4.78 is 0. The largest absolute Gasteiger partial charge is 0.327 e. The molecule has 4 N–H and O–H groups in total. The summed E-state index contributed by atoms with van der Waals surface area (Å²) in [7, 11) is 1.90. The normalized spacial score (nSPS) is 18.0. The summed E-state index contributed by atoms with van der Waals surface area (Å²) in [5.41, 5.74) is 19.4. The number of amides is 1. The molecule has 1 aliphatic carbocycles. The number of nitrogens with two attached hydrogens (primary N) is 1. The molecule has 3 aromatic carbocycles. The van der Waals surface area contributed by atoms with Crippen molar-refractivity contribution in [3.05, 3.63) is 112 Å². The maximum Gasteiger partial charge on any atom is 0.212 e. The first-order valence-electron chi connectivity index (χ1n) is 13.1. The van der Waals surface area contributed by atoms with E-state index in [-0.39, 0.29) is 6.04 Å². The van der Waals surface area contributed by atoms with Crippen LogP contribution in [0.3, 0.4) is 0 Å². The van der Waals surface area contributed by atoms with E-state index in [1.165, 1.54) is 44.5 Å². The van der Waals surface area contributed by atoms with Gasteiger partial charge in [0.25, 0.3) is 0 Å². The number of allylic oxidation sites excluding steroid dienone is 2. The van der Waals surface area contributed by atoms with E-state index in [0.717, 1.165) is 29.6 Å². The Labute approximate surface area is 224 Å². The van der Waals surface area contributed by atoms with Crippen molar-refractivity contribution in [2.75, 3.05) is 13.6 Å². The third-order valence-electron chi connectivity index (χ3n) is 7.48. The van der Waals surface area contributed by atoms with Crippen LogP contribution in [0.2, 0.25) is 0 Å². The Morgan fingerprint density at radius 1 is 0.921 bits per heavy atom. The number of carbonyl (C=O) groups excluding carboxylic acids is 1. The highest BCUT2D eigenvalue weighted by Crippen LogP contribution is 2.37. The first-order valence-corrected chi connectivity index (χ1v) is 13.1. The minimum atomic E-state index is 0.229. The summed E-state index contributed by atoms with van der Waals surface area (Å²) >= 11 is 0. The Balaban J connectivity index is 1.56. The van der Waals surface area contributed by atoms with Crippen LogP contribution in [-0.2, 0) is 17.6 Å². The predicted molar refractivity (Wildman–Crippen MR) is 158 cm³/mol. The van der Waals surface area contributed by atoms with Crippen molar-refractivity contribution >= 4 is 17.8 Å². The fraction of sp³-hybridized carbons (Fsp3) is 0.212. The fourth-order valence-corrected chi connectivity index (χ4v) is 5.54. The van der Waals surface area contributed by atoms with Crippen LogP contribution in [0.25, 0.3) is 27.8 Å². The van der Waals surface area contributed by atoms with Gasteiger partial charge >= 0.3 is 0 Å². The van der Waals surface area contributed by atoms with Crippen LogP contribution in [0, 0.1) is 13.8 Å². The third kappa shape index (κ3) is 5.17. The number of amidine groups is 1. The average Bonchev–Trinajstić information content (AvgIpc) is 3.28. The predicted octanol–water partition coefficient (Wildman–Crippen LogP) is 5.26. The molecule has 0 spiro atoms. The molecule has 0 radical (unpaired) electrons. The van der Waals surface area contributed by atoms with Gasteiger partial charge in [0.1, 0.15) is 5.84 Å². The van der Waals surface area contributed by atoms with E-state index in [4.69, 9.17) is 5.73 Å². The molecule has 5 rings (SSSR count). The molecule has 0 saturated heterocycles. The molecule has 1 heterocycles. The Morgan fingerprint density at radius 2 is 1.61 bits per heavy atom. The number of rotatable bonds is 6. The van der Waals surface area contributed by atoms with Gasteiger partial charge in [-0.15, -0.1) is 0 Å². The lowest BCUT2D eigenvalue weighted by Crippen LogP contribution is -2.20. The van der Waals surface area contributed by atoms with Crippen molar-refractivity contribution in [2.45, 2.75) is 32.7 Å². The van der Waals surface area contributed by atoms with Gasteiger partial charge in [-0.2, -0.15) is 0 Å². The Morgan fingerprint density at radius 3 is 2.34 bits per heavy atom. The van der Waals surface area contributed by atoms with Gasteiger partial charge in [-0.25, -0.2) is 4.99 Å². The van der Waals surface area contributed by atoms with Crippen molar-refractivity contribution < 1.29 is 4.79 Å². The zero-order valence-corrected chi connectivity index (χ0v) is 22.2. The molecule has 1 atom stereocenters. The number of benzene rings is 3. The highest BCUT2D eigenvalue weighted by molar-refractivity contribution is 6.06. The topological polar surface area (TPSA) is 79.5 Å². The van der Waals surface area contributed by atoms with E-state index in [0.29, 0.717) is 18.8 Å². The highest BCUT2D eigenvalue weighted by atomic mass is 16.1. The number of fused-ring (bicyclic) bond motifs is 1. The van der Waals surface area contributed by atoms with E-state index in [2.05, 4.69) is 96.2 Å². The van der Waals surface area contributed by atoms with Gasteiger partial charge in [0, 0.05) is 18.8 Å². The second kappa shape index (κ2) is 11.1. The van der Waals surface area contributed by atoms with Crippen LogP contribution < -0.4 is 16.4 Å². The van der Waals surface area contributed by atoms with Gasteiger partial charge in [0.2, 0.25) is 6.41 Å². The maximum absolute atomic E-state index is 11.2. The first-order chi connectivity index (χ1) is 18.5. The van der Waals surface area contributed by atoms with E-state index < -0.39 is 0 Å². The standard InChI is InChI=1S/C33H34N4O/c1-21-29(25-13-12-24-15-28(34)16-27(24)14-25)6-4-8-31(21)32-9-5-7-30(22(32)2)26-11-10-23(18-35-3)19-36-33(17-26)37-20-38/h4-14,17,19-20,28,35H,15-16,18,34H2,1-3H3,(H,36,37,38). The van der Waals surface area contributed by atoms with Gasteiger partial charge in [0.15, 0.2) is 0 Å². The number of likely N-dealkylation sites (N-methyl/N-ethyl adjacent to an activating group) is 1. The Kier molecular flexibility index (Phi) is 7.50. The third-order valence-corrected chi connectivity index (χ3v) is 7.48. The second-order valence-electron chi connectivity index (χ2n) is 10.1. The minimum Gasteiger partial charge on any atom is -0.327 e. The van der Waals surface area contributed by atoms with Crippen molar-refractivity contribution in [1.82, 2.24) is 10.6 Å². The van der Waals surface area contributed by atoms with E-state index in [1.807, 2.05) is 13.1 Å². The maximum atomic E-state index is 11.2. The number of hydrogen-bond acceptors (Lipinski definition) is 4. The number of hydrogen-bond donors (Lipinski definition) is 3. The van der Waals surface area contributed by atoms with Gasteiger partial charge in [0.05, 0.1) is 0 Å². The average molecular weight is 503 g/mol. The van der Waals surface area contributed by atoms with Crippen molar-refractivity contribution in [3.8, 4) is 22.3 Å². The zero-order chi connectivity index (χ0) is 26.6. The van der Waals surface area contributed by atoms with Crippen LogP contribution in [0.15, 0.2) is 89.6 Å². The number of aliphatic imine (C=N–C) groups is 1. The Bertz CT molecular complexity index is 1510. The molecule has 192 valence electrons. The second-order valence-corrected chi connectivity index (χ2v) is 10.1. The summed E-state index contributed by atoms with van der Waals surface area (Å²) in [5.74, 6) is 0.507. The van der Waals surface area contributed by atoms with Crippen molar-refractivity contribution in [3.63, 3.8) is 0 Å². The molecule has 3 aromatic rings. The lowest BCUT2D eigenvalue weighted by molar-refractivity contribution is -0.108. The fourth-order valence-electron chi connectivity index (χ4n) is 5.54. The highest BCUT2D eigenvalue weighted by Gasteiger charge is 2.19. The molecule has 1 amide bonds. The molecule has 1 unspecified atom stereocenters. The van der Waals surface area contributed by atoms with Crippen LogP contribution in [-0.4, -0.2) is 31.9 Å². The van der Waals surface area contributed by atoms with Gasteiger partial charge < -0.3 is 16.4 Å². The van der Waals surface area contributed by atoms with Gasteiger partial charge in [-0.1, -0.05) is 66.7 Å². The summed E-state index contributed by atoms with van der Waals surface area (Å²) in [6, 6.07) is 20.0. The molecule has 0 saturated carbocycles. The van der Waals surface area contributed by atoms with Crippen LogP contribution in [0.4, 0.5) is 0 Å². The number of nitrogens with one attached hydrogen (secondary N) is 2. The molecular weight excluding hydrogens is 468 g/mol. The molecule has 2 aliphatic rings. The summed E-state index contributed by atoms with van der Waals surface area (Å²) in [6.07, 6.45) is 10.4. The summed E-state index contributed by atoms with van der Waals surface area (Å²) in [4.78, 5) is 15.7. The lowest BCUT2D eigenvalue weighted by Gasteiger charge is -2.18. The van der Waals surface area contributed by atoms with Crippen LogP contribution >= 0.6 is 0 Å². The van der Waals surface area contributed by atoms with Crippen molar-refractivity contribution in [1.29, 1.82) is 0 Å². The molecule has 38 heavy (non-hydrogen) atoms. The minimum absolute atomic E-state index is 0.229.